The fourth-order valence-corrected chi connectivity index (χ4v) is 3.90. The summed E-state index contributed by atoms with van der Waals surface area (Å²) in [5, 5.41) is 20.2. The van der Waals surface area contributed by atoms with Crippen LogP contribution in [0.3, 0.4) is 0 Å². The molecule has 3 atom stereocenters. The van der Waals surface area contributed by atoms with Crippen molar-refractivity contribution in [2.45, 2.75) is 38.0 Å². The minimum absolute atomic E-state index is 0.138. The van der Waals surface area contributed by atoms with E-state index in [1.165, 1.54) is 0 Å². The molecule has 0 saturated heterocycles. The highest BCUT2D eigenvalue weighted by molar-refractivity contribution is 6.01. The van der Waals surface area contributed by atoms with Crippen LogP contribution in [0.4, 0.5) is 0 Å². The molecular weight excluding hydrogens is 332 g/mol. The number of fused-ring (bicyclic) bond motifs is 1. The van der Waals surface area contributed by atoms with Gasteiger partial charge in [0.25, 0.3) is 11.8 Å². The van der Waals surface area contributed by atoms with Gasteiger partial charge in [0.15, 0.2) is 0 Å². The molecule has 1 aromatic carbocycles. The first kappa shape index (κ1) is 16.8. The van der Waals surface area contributed by atoms with Gasteiger partial charge in [-0.3, -0.25) is 14.3 Å². The van der Waals surface area contributed by atoms with Gasteiger partial charge < -0.3 is 15.7 Å². The zero-order valence-corrected chi connectivity index (χ0v) is 14.4. The van der Waals surface area contributed by atoms with Gasteiger partial charge in [0.2, 0.25) is 0 Å². The molecule has 0 bridgehead atoms. The molecule has 26 heavy (non-hydrogen) atoms. The lowest BCUT2D eigenvalue weighted by atomic mass is 9.97. The maximum absolute atomic E-state index is 12.6. The number of amides is 2. The Morgan fingerprint density at radius 3 is 3.08 bits per heavy atom. The van der Waals surface area contributed by atoms with Gasteiger partial charge in [-0.1, -0.05) is 6.07 Å². The van der Waals surface area contributed by atoms with Crippen molar-refractivity contribution in [1.82, 2.24) is 20.4 Å². The molecule has 4 rings (SSSR count). The molecule has 1 aromatic heterocycles. The van der Waals surface area contributed by atoms with Crippen LogP contribution in [-0.4, -0.2) is 45.4 Å². The zero-order valence-electron chi connectivity index (χ0n) is 14.4. The molecule has 1 aliphatic carbocycles. The number of benzene rings is 1. The molecule has 7 nitrogen and oxygen atoms in total. The van der Waals surface area contributed by atoms with Crippen molar-refractivity contribution >= 4 is 11.8 Å². The van der Waals surface area contributed by atoms with Crippen molar-refractivity contribution in [3.63, 3.8) is 0 Å². The molecule has 0 spiro atoms. The van der Waals surface area contributed by atoms with Gasteiger partial charge in [-0.15, -0.1) is 0 Å². The molecule has 2 amide bonds. The molecule has 1 aliphatic heterocycles. The van der Waals surface area contributed by atoms with Gasteiger partial charge in [-0.05, 0) is 48.9 Å². The van der Waals surface area contributed by atoms with Crippen molar-refractivity contribution in [2.75, 3.05) is 6.54 Å². The highest BCUT2D eigenvalue weighted by atomic mass is 16.3. The summed E-state index contributed by atoms with van der Waals surface area (Å²) in [5.74, 6) is -0.124. The topological polar surface area (TPSA) is 96.2 Å². The number of nitrogens with zero attached hydrogens (tertiary/aromatic N) is 2. The van der Waals surface area contributed by atoms with E-state index in [4.69, 9.17) is 0 Å². The highest BCUT2D eigenvalue weighted by Crippen LogP contribution is 2.28. The Bertz CT molecular complexity index is 818. The summed E-state index contributed by atoms with van der Waals surface area (Å²) in [7, 11) is 0. The van der Waals surface area contributed by atoms with E-state index >= 15 is 0 Å². The lowest BCUT2D eigenvalue weighted by Crippen LogP contribution is -2.40. The van der Waals surface area contributed by atoms with Crippen molar-refractivity contribution < 1.29 is 14.7 Å². The van der Waals surface area contributed by atoms with Crippen molar-refractivity contribution in [1.29, 1.82) is 0 Å². The summed E-state index contributed by atoms with van der Waals surface area (Å²) in [6.45, 7) is 1.36. The Balaban J connectivity index is 1.41. The number of rotatable bonds is 4. The summed E-state index contributed by atoms with van der Waals surface area (Å²) in [4.78, 5) is 24.6. The van der Waals surface area contributed by atoms with Crippen LogP contribution in [0.25, 0.3) is 0 Å². The van der Waals surface area contributed by atoms with E-state index < -0.39 is 6.10 Å². The molecule has 136 valence electrons. The molecule has 2 aromatic rings. The molecule has 3 N–H and O–H groups in total. The second-order valence-electron chi connectivity index (χ2n) is 7.09. The molecular formula is C19H22N4O3. The number of hydrogen-bond donors (Lipinski definition) is 3. The number of hydrogen-bond acceptors (Lipinski definition) is 4. The van der Waals surface area contributed by atoms with Gasteiger partial charge in [-0.2, -0.15) is 5.10 Å². The largest absolute Gasteiger partial charge is 0.391 e. The van der Waals surface area contributed by atoms with Crippen LogP contribution >= 0.6 is 0 Å². The van der Waals surface area contributed by atoms with Crippen molar-refractivity contribution in [2.24, 2.45) is 5.92 Å². The van der Waals surface area contributed by atoms with Crippen LogP contribution in [0.2, 0.25) is 0 Å². The van der Waals surface area contributed by atoms with E-state index in [0.717, 1.165) is 18.5 Å². The van der Waals surface area contributed by atoms with E-state index in [2.05, 4.69) is 15.7 Å². The fourth-order valence-electron chi connectivity index (χ4n) is 3.90. The second-order valence-corrected chi connectivity index (χ2v) is 7.09. The lowest BCUT2D eigenvalue weighted by molar-refractivity contribution is 0.0872. The smallest absolute Gasteiger partial charge is 0.251 e. The Labute approximate surface area is 151 Å². The summed E-state index contributed by atoms with van der Waals surface area (Å²) in [5.41, 5.74) is 1.97. The average molecular weight is 354 g/mol. The summed E-state index contributed by atoms with van der Waals surface area (Å²) >= 11 is 0. The molecule has 1 unspecified atom stereocenters. The zero-order chi connectivity index (χ0) is 18.1. The SMILES string of the molecule is O=C(N[C@@H]1CC(Cn2cccn2)C[C@H]1O)c1ccc2c(c1)C(=O)NCC2. The van der Waals surface area contributed by atoms with Gasteiger partial charge in [0.05, 0.1) is 12.1 Å². The lowest BCUT2D eigenvalue weighted by Gasteiger charge is -2.19. The Morgan fingerprint density at radius 1 is 1.38 bits per heavy atom. The van der Waals surface area contributed by atoms with E-state index in [1.807, 2.05) is 23.0 Å². The quantitative estimate of drug-likeness (QED) is 0.754. The first-order valence-electron chi connectivity index (χ1n) is 8.97. The van der Waals surface area contributed by atoms with Gasteiger partial charge >= 0.3 is 0 Å². The minimum atomic E-state index is -0.569. The van der Waals surface area contributed by atoms with E-state index in [0.29, 0.717) is 30.5 Å². The standard InChI is InChI=1S/C19H22N4O3/c24-17-9-12(11-23-7-1-5-21-23)8-16(17)22-18(25)14-3-2-13-4-6-20-19(26)15(13)10-14/h1-3,5,7,10,12,16-17,24H,4,6,8-9,11H2,(H,20,26)(H,22,25)/t12?,16-,17-/m1/s1. The van der Waals surface area contributed by atoms with Crippen LogP contribution < -0.4 is 10.6 Å². The number of aliphatic hydroxyl groups is 1. The van der Waals surface area contributed by atoms with Gasteiger partial charge in [-0.25, -0.2) is 0 Å². The minimum Gasteiger partial charge on any atom is -0.391 e. The van der Waals surface area contributed by atoms with Crippen LogP contribution in [0.5, 0.6) is 0 Å². The first-order chi connectivity index (χ1) is 12.6. The number of carbonyl (C=O) groups excluding carboxylic acids is 2. The van der Waals surface area contributed by atoms with Crippen molar-refractivity contribution in [3.05, 3.63) is 53.3 Å². The first-order valence-corrected chi connectivity index (χ1v) is 8.97. The van der Waals surface area contributed by atoms with E-state index in [9.17, 15) is 14.7 Å². The third kappa shape index (κ3) is 3.35. The Kier molecular flexibility index (Phi) is 4.46. The van der Waals surface area contributed by atoms with Crippen LogP contribution in [-0.2, 0) is 13.0 Å². The number of aromatic nitrogens is 2. The third-order valence-corrected chi connectivity index (χ3v) is 5.24. The monoisotopic (exact) mass is 354 g/mol. The summed E-state index contributed by atoms with van der Waals surface area (Å²) in [6, 6.07) is 6.82. The number of aliphatic hydroxyl groups excluding tert-OH is 1. The predicted octanol–water partition coefficient (Wildman–Crippen LogP) is 0.738. The van der Waals surface area contributed by atoms with Crippen molar-refractivity contribution in [3.8, 4) is 0 Å². The van der Waals surface area contributed by atoms with Crippen LogP contribution in [0.1, 0.15) is 39.1 Å². The Morgan fingerprint density at radius 2 is 2.27 bits per heavy atom. The molecule has 0 radical (unpaired) electrons. The Hall–Kier alpha value is -2.67. The van der Waals surface area contributed by atoms with E-state index in [1.54, 1.807) is 18.3 Å². The molecule has 7 heteroatoms. The molecule has 2 heterocycles. The average Bonchev–Trinajstić information content (AvgIpc) is 3.25. The highest BCUT2D eigenvalue weighted by Gasteiger charge is 2.34. The molecule has 2 aliphatic rings. The second kappa shape index (κ2) is 6.92. The van der Waals surface area contributed by atoms with Gasteiger partial charge in [0.1, 0.15) is 0 Å². The molecule has 1 fully saturated rings. The number of carbonyl (C=O) groups is 2. The fraction of sp³-hybridized carbons (Fsp3) is 0.421. The van der Waals surface area contributed by atoms with Gasteiger partial charge in [0, 0.05) is 36.6 Å². The van der Waals surface area contributed by atoms with E-state index in [-0.39, 0.29) is 23.8 Å². The van der Waals surface area contributed by atoms with Crippen LogP contribution in [0, 0.1) is 5.92 Å². The normalized spacial score (nSPS) is 24.8. The summed E-state index contributed by atoms with van der Waals surface area (Å²) in [6.07, 6.45) is 5.18. The maximum atomic E-state index is 12.6. The predicted molar refractivity (Wildman–Crippen MR) is 94.7 cm³/mol. The molecule has 1 saturated carbocycles. The maximum Gasteiger partial charge on any atom is 0.251 e. The summed E-state index contributed by atoms with van der Waals surface area (Å²) < 4.78 is 1.85. The van der Waals surface area contributed by atoms with Crippen LogP contribution in [0.15, 0.2) is 36.7 Å². The number of nitrogens with one attached hydrogen (secondary N) is 2. The third-order valence-electron chi connectivity index (χ3n) is 5.24.